The molecule has 0 radical (unpaired) electrons. The Morgan fingerprint density at radius 1 is 1.12 bits per heavy atom. The van der Waals surface area contributed by atoms with Crippen molar-refractivity contribution in [2.75, 3.05) is 0 Å². The van der Waals surface area contributed by atoms with Gasteiger partial charge in [-0.1, -0.05) is 0 Å². The fourth-order valence-electron chi connectivity index (χ4n) is 2.82. The van der Waals surface area contributed by atoms with Crippen LogP contribution in [0.15, 0.2) is 22.6 Å². The molecule has 3 rings (SSSR count). The molecule has 0 amide bonds. The third-order valence-corrected chi connectivity index (χ3v) is 3.90. The summed E-state index contributed by atoms with van der Waals surface area (Å²) < 4.78 is 9.37. The lowest BCUT2D eigenvalue weighted by atomic mass is 10.1. The van der Waals surface area contributed by atoms with Gasteiger partial charge in [0.1, 0.15) is 11.6 Å². The van der Waals surface area contributed by atoms with E-state index in [0.29, 0.717) is 31.1 Å². The first-order chi connectivity index (χ1) is 11.7. The molecule has 0 aliphatic rings. The van der Waals surface area contributed by atoms with Crippen LogP contribution >= 0.6 is 0 Å². The second kappa shape index (κ2) is 6.48. The van der Waals surface area contributed by atoms with E-state index < -0.39 is 5.60 Å². The number of aryl methyl sites for hydroxylation is 5. The average Bonchev–Trinajstić information content (AvgIpc) is 3.15. The summed E-state index contributed by atoms with van der Waals surface area (Å²) in [5.41, 5.74) is 1.24. The molecule has 0 aliphatic carbocycles. The van der Waals surface area contributed by atoms with Gasteiger partial charge in [0.05, 0.1) is 17.8 Å². The molecular formula is C18H25N5O2. The minimum absolute atomic E-state index is 0.367. The Balaban J connectivity index is 1.87. The van der Waals surface area contributed by atoms with Crippen molar-refractivity contribution in [2.45, 2.75) is 59.7 Å². The molecule has 0 bridgehead atoms. The Hall–Kier alpha value is -2.41. The molecule has 0 fully saturated rings. The van der Waals surface area contributed by atoms with Gasteiger partial charge in [-0.15, -0.1) is 5.10 Å². The molecule has 3 heterocycles. The van der Waals surface area contributed by atoms with E-state index in [1.54, 1.807) is 18.5 Å². The monoisotopic (exact) mass is 343 g/mol. The van der Waals surface area contributed by atoms with E-state index in [9.17, 15) is 5.11 Å². The van der Waals surface area contributed by atoms with E-state index in [0.717, 1.165) is 23.0 Å². The van der Waals surface area contributed by atoms with Crippen LogP contribution in [0.2, 0.25) is 0 Å². The van der Waals surface area contributed by atoms with Gasteiger partial charge in [0.25, 0.3) is 0 Å². The third kappa shape index (κ3) is 4.17. The highest BCUT2D eigenvalue weighted by Crippen LogP contribution is 2.20. The number of aromatic nitrogens is 5. The van der Waals surface area contributed by atoms with Gasteiger partial charge in [-0.3, -0.25) is 4.68 Å². The summed E-state index contributed by atoms with van der Waals surface area (Å²) >= 11 is 0. The van der Waals surface area contributed by atoms with Crippen molar-refractivity contribution in [3.05, 3.63) is 41.2 Å². The smallest absolute Gasteiger partial charge is 0.217 e. The summed E-state index contributed by atoms with van der Waals surface area (Å²) in [6.45, 7) is 10.5. The summed E-state index contributed by atoms with van der Waals surface area (Å²) in [7, 11) is 0. The van der Waals surface area contributed by atoms with Crippen molar-refractivity contribution in [2.24, 2.45) is 0 Å². The minimum atomic E-state index is -0.878. The fourth-order valence-corrected chi connectivity index (χ4v) is 2.82. The molecular weight excluding hydrogens is 318 g/mol. The second-order valence-electron chi connectivity index (χ2n) is 7.13. The van der Waals surface area contributed by atoms with Crippen LogP contribution in [-0.2, 0) is 19.5 Å². The van der Waals surface area contributed by atoms with Crippen molar-refractivity contribution in [1.82, 2.24) is 24.5 Å². The largest absolute Gasteiger partial charge is 0.458 e. The first-order valence-electron chi connectivity index (χ1n) is 8.45. The number of nitrogens with zero attached hydrogens (tertiary/aromatic N) is 5. The molecule has 25 heavy (non-hydrogen) atoms. The fraction of sp³-hybridized carbons (Fsp3) is 0.500. The van der Waals surface area contributed by atoms with E-state index in [4.69, 9.17) is 4.42 Å². The van der Waals surface area contributed by atoms with E-state index in [-0.39, 0.29) is 0 Å². The van der Waals surface area contributed by atoms with Crippen molar-refractivity contribution in [1.29, 1.82) is 0 Å². The quantitative estimate of drug-likeness (QED) is 0.744. The van der Waals surface area contributed by atoms with Crippen LogP contribution < -0.4 is 0 Å². The molecule has 3 aromatic rings. The summed E-state index contributed by atoms with van der Waals surface area (Å²) in [6, 6.07) is 5.81. The van der Waals surface area contributed by atoms with Crippen molar-refractivity contribution in [3.8, 4) is 11.6 Å². The van der Waals surface area contributed by atoms with Gasteiger partial charge >= 0.3 is 0 Å². The molecule has 0 saturated heterocycles. The highest BCUT2D eigenvalue weighted by molar-refractivity contribution is 5.46. The lowest BCUT2D eigenvalue weighted by Gasteiger charge is -2.18. The summed E-state index contributed by atoms with van der Waals surface area (Å²) in [5, 5.41) is 19.2. The highest BCUT2D eigenvalue weighted by Gasteiger charge is 2.20. The van der Waals surface area contributed by atoms with Crippen LogP contribution in [0, 0.1) is 20.8 Å². The van der Waals surface area contributed by atoms with Gasteiger partial charge in [-0.05, 0) is 52.8 Å². The summed E-state index contributed by atoms with van der Waals surface area (Å²) in [5.74, 6) is 2.80. The number of hydrogen-bond acceptors (Lipinski definition) is 5. The van der Waals surface area contributed by atoms with E-state index in [1.165, 1.54) is 0 Å². The Bertz CT molecular complexity index is 867. The zero-order valence-electron chi connectivity index (χ0n) is 15.4. The Labute approximate surface area is 147 Å². The Morgan fingerprint density at radius 3 is 2.44 bits per heavy atom. The zero-order valence-corrected chi connectivity index (χ0v) is 15.4. The number of hydrogen-bond donors (Lipinski definition) is 1. The molecule has 7 nitrogen and oxygen atoms in total. The Kier molecular flexibility index (Phi) is 4.51. The van der Waals surface area contributed by atoms with E-state index >= 15 is 0 Å². The zero-order chi connectivity index (χ0) is 18.2. The predicted octanol–water partition coefficient (Wildman–Crippen LogP) is 2.67. The molecule has 7 heteroatoms. The molecule has 0 aromatic carbocycles. The number of furan rings is 1. The van der Waals surface area contributed by atoms with Gasteiger partial charge in [0, 0.05) is 18.7 Å². The third-order valence-electron chi connectivity index (χ3n) is 3.90. The van der Waals surface area contributed by atoms with Crippen molar-refractivity contribution < 1.29 is 9.52 Å². The van der Waals surface area contributed by atoms with Crippen LogP contribution in [-0.4, -0.2) is 35.3 Å². The predicted molar refractivity (Wildman–Crippen MR) is 94.2 cm³/mol. The first-order valence-corrected chi connectivity index (χ1v) is 8.45. The van der Waals surface area contributed by atoms with Crippen LogP contribution in [0.3, 0.4) is 0 Å². The second-order valence-corrected chi connectivity index (χ2v) is 7.13. The van der Waals surface area contributed by atoms with Crippen molar-refractivity contribution >= 4 is 0 Å². The molecule has 0 atom stereocenters. The van der Waals surface area contributed by atoms with Crippen molar-refractivity contribution in [3.63, 3.8) is 0 Å². The highest BCUT2D eigenvalue weighted by atomic mass is 16.3. The molecule has 0 spiro atoms. The summed E-state index contributed by atoms with van der Waals surface area (Å²) in [6.07, 6.45) is 0.671. The van der Waals surface area contributed by atoms with Gasteiger partial charge < -0.3 is 9.52 Å². The molecule has 3 aromatic heterocycles. The standard InChI is InChI=1S/C18H25N5O2/c1-12-10-13(2)22(20-12)9-8-16-19-17(15-7-6-14(3)25-15)21-23(16)11-18(4,5)24/h6-7,10,24H,8-9,11H2,1-5H3. The lowest BCUT2D eigenvalue weighted by molar-refractivity contribution is 0.0566. The molecule has 0 aliphatic heterocycles. The van der Waals surface area contributed by atoms with Gasteiger partial charge in [0.2, 0.25) is 5.82 Å². The van der Waals surface area contributed by atoms with Crippen LogP contribution in [0.25, 0.3) is 11.6 Å². The maximum Gasteiger partial charge on any atom is 0.217 e. The molecule has 134 valence electrons. The molecule has 1 N–H and O–H groups in total. The number of rotatable bonds is 6. The van der Waals surface area contributed by atoms with Gasteiger partial charge in [0.15, 0.2) is 5.76 Å². The maximum absolute atomic E-state index is 10.2. The normalized spacial score (nSPS) is 12.1. The lowest BCUT2D eigenvalue weighted by Crippen LogP contribution is -2.28. The SMILES string of the molecule is Cc1cc(C)n(CCc2nc(-c3ccc(C)o3)nn2CC(C)(C)O)n1. The molecule has 0 saturated carbocycles. The van der Waals surface area contributed by atoms with E-state index in [2.05, 4.69) is 21.2 Å². The van der Waals surface area contributed by atoms with Crippen LogP contribution in [0.5, 0.6) is 0 Å². The van der Waals surface area contributed by atoms with Gasteiger partial charge in [-0.25, -0.2) is 9.67 Å². The van der Waals surface area contributed by atoms with Gasteiger partial charge in [-0.2, -0.15) is 5.10 Å². The summed E-state index contributed by atoms with van der Waals surface area (Å²) in [4.78, 5) is 4.64. The Morgan fingerprint density at radius 2 is 1.88 bits per heavy atom. The molecule has 0 unspecified atom stereocenters. The van der Waals surface area contributed by atoms with Crippen LogP contribution in [0.1, 0.15) is 36.8 Å². The van der Waals surface area contributed by atoms with Crippen LogP contribution in [0.4, 0.5) is 0 Å². The maximum atomic E-state index is 10.2. The first kappa shape index (κ1) is 17.4. The topological polar surface area (TPSA) is 81.9 Å². The minimum Gasteiger partial charge on any atom is -0.458 e. The van der Waals surface area contributed by atoms with E-state index in [1.807, 2.05) is 37.6 Å². The number of aliphatic hydroxyl groups is 1. The average molecular weight is 343 g/mol.